The van der Waals surface area contributed by atoms with E-state index < -0.39 is 0 Å². The predicted molar refractivity (Wildman–Crippen MR) is 134 cm³/mol. The molecule has 0 saturated carbocycles. The molecule has 0 atom stereocenters. The Morgan fingerprint density at radius 3 is 2.53 bits per heavy atom. The van der Waals surface area contributed by atoms with Gasteiger partial charge in [-0.1, -0.05) is 39.0 Å². The number of hydrogen-bond acceptors (Lipinski definition) is 4. The van der Waals surface area contributed by atoms with E-state index in [1.165, 1.54) is 5.56 Å². The number of hydrogen-bond donors (Lipinski definition) is 3. The third-order valence-electron chi connectivity index (χ3n) is 4.97. The van der Waals surface area contributed by atoms with Crippen molar-refractivity contribution in [2.24, 2.45) is 10.7 Å². The number of rotatable bonds is 8. The monoisotopic (exact) mass is 531 g/mol. The zero-order valence-corrected chi connectivity index (χ0v) is 21.1. The summed E-state index contributed by atoms with van der Waals surface area (Å²) in [5.41, 5.74) is 6.53. The fourth-order valence-electron chi connectivity index (χ4n) is 3.49. The van der Waals surface area contributed by atoms with Crippen molar-refractivity contribution < 1.29 is 9.53 Å². The summed E-state index contributed by atoms with van der Waals surface area (Å²) in [6.45, 7) is 12.6. The standard InChI is InChI=1S/C22H37N5O2.HI/c1-5-24-21(26-17-10-13-27(14-11-17)16-20(23)28)25-12-15-29-19-9-7-6-8-18(19)22(2,3)4;/h6-9,17H,5,10-16H2,1-4H3,(H2,23,28)(H2,24,25,26);1H. The Morgan fingerprint density at radius 2 is 1.93 bits per heavy atom. The van der Waals surface area contributed by atoms with Crippen molar-refractivity contribution in [2.75, 3.05) is 39.3 Å². The number of aliphatic imine (C=N–C) groups is 1. The summed E-state index contributed by atoms with van der Waals surface area (Å²) in [5.74, 6) is 1.47. The minimum atomic E-state index is -0.264. The molecule has 0 bridgehead atoms. The number of nitrogens with one attached hydrogen (secondary N) is 2. The quantitative estimate of drug-likeness (QED) is 0.208. The van der Waals surface area contributed by atoms with E-state index in [1.807, 2.05) is 18.2 Å². The van der Waals surface area contributed by atoms with Gasteiger partial charge >= 0.3 is 0 Å². The summed E-state index contributed by atoms with van der Waals surface area (Å²) in [6.07, 6.45) is 1.93. The van der Waals surface area contributed by atoms with E-state index in [1.54, 1.807) is 0 Å². The molecule has 1 aromatic rings. The molecule has 170 valence electrons. The normalized spacial score (nSPS) is 15.9. The number of carbonyl (C=O) groups is 1. The van der Waals surface area contributed by atoms with Crippen molar-refractivity contribution in [3.05, 3.63) is 29.8 Å². The highest BCUT2D eigenvalue weighted by Gasteiger charge is 2.21. The lowest BCUT2D eigenvalue weighted by atomic mass is 9.86. The summed E-state index contributed by atoms with van der Waals surface area (Å²) in [6, 6.07) is 8.54. The molecule has 0 unspecified atom stereocenters. The molecule has 30 heavy (non-hydrogen) atoms. The lowest BCUT2D eigenvalue weighted by Crippen LogP contribution is -2.49. The number of primary amides is 1. The molecule has 1 fully saturated rings. The van der Waals surface area contributed by atoms with E-state index in [0.29, 0.717) is 25.7 Å². The van der Waals surface area contributed by atoms with E-state index in [2.05, 4.69) is 54.3 Å². The number of piperidine rings is 1. The van der Waals surface area contributed by atoms with Crippen LogP contribution < -0.4 is 21.1 Å². The van der Waals surface area contributed by atoms with Crippen LogP contribution in [0, 0.1) is 0 Å². The zero-order chi connectivity index (χ0) is 21.3. The van der Waals surface area contributed by atoms with Crippen LogP contribution in [-0.2, 0) is 10.2 Å². The SMILES string of the molecule is CCNC(=NCCOc1ccccc1C(C)(C)C)NC1CCN(CC(N)=O)CC1.I. The second-order valence-corrected chi connectivity index (χ2v) is 8.52. The number of likely N-dealkylation sites (tertiary alicyclic amines) is 1. The minimum Gasteiger partial charge on any atom is -0.491 e. The molecule has 0 radical (unpaired) electrons. The van der Waals surface area contributed by atoms with Crippen LogP contribution in [-0.4, -0.2) is 62.1 Å². The molecule has 2 rings (SSSR count). The van der Waals surface area contributed by atoms with Gasteiger partial charge in [0, 0.05) is 25.7 Å². The van der Waals surface area contributed by atoms with E-state index in [4.69, 9.17) is 10.5 Å². The number of benzene rings is 1. The van der Waals surface area contributed by atoms with Crippen molar-refractivity contribution >= 4 is 35.8 Å². The van der Waals surface area contributed by atoms with Crippen molar-refractivity contribution in [3.8, 4) is 5.75 Å². The lowest BCUT2D eigenvalue weighted by Gasteiger charge is -2.32. The maximum atomic E-state index is 11.1. The highest BCUT2D eigenvalue weighted by Crippen LogP contribution is 2.30. The number of guanidine groups is 1. The van der Waals surface area contributed by atoms with Crippen molar-refractivity contribution in [1.29, 1.82) is 0 Å². The van der Waals surface area contributed by atoms with Gasteiger partial charge in [0.25, 0.3) is 0 Å². The molecule has 7 nitrogen and oxygen atoms in total. The number of carbonyl (C=O) groups excluding carboxylic acids is 1. The molecular formula is C22H38IN5O2. The average molecular weight is 531 g/mol. The number of nitrogens with two attached hydrogens (primary N) is 1. The third-order valence-corrected chi connectivity index (χ3v) is 4.97. The average Bonchev–Trinajstić information content (AvgIpc) is 2.66. The minimum absolute atomic E-state index is 0. The molecule has 1 aliphatic heterocycles. The highest BCUT2D eigenvalue weighted by molar-refractivity contribution is 14.0. The maximum Gasteiger partial charge on any atom is 0.231 e. The maximum absolute atomic E-state index is 11.1. The van der Waals surface area contributed by atoms with Crippen molar-refractivity contribution in [1.82, 2.24) is 15.5 Å². The van der Waals surface area contributed by atoms with Gasteiger partial charge in [0.1, 0.15) is 12.4 Å². The van der Waals surface area contributed by atoms with Crippen LogP contribution in [0.5, 0.6) is 5.75 Å². The van der Waals surface area contributed by atoms with Gasteiger partial charge < -0.3 is 21.1 Å². The highest BCUT2D eigenvalue weighted by atomic mass is 127. The number of ether oxygens (including phenoxy) is 1. The first-order chi connectivity index (χ1) is 13.8. The molecule has 1 aromatic carbocycles. The molecule has 0 aromatic heterocycles. The second kappa shape index (κ2) is 13.0. The second-order valence-electron chi connectivity index (χ2n) is 8.52. The largest absolute Gasteiger partial charge is 0.491 e. The summed E-state index contributed by atoms with van der Waals surface area (Å²) < 4.78 is 6.02. The molecular weight excluding hydrogens is 493 g/mol. The van der Waals surface area contributed by atoms with Gasteiger partial charge in [0.15, 0.2) is 5.96 Å². The topological polar surface area (TPSA) is 92.0 Å². The van der Waals surface area contributed by atoms with E-state index in [-0.39, 0.29) is 35.3 Å². The fraction of sp³-hybridized carbons (Fsp3) is 0.636. The lowest BCUT2D eigenvalue weighted by molar-refractivity contribution is -0.119. The molecule has 1 amide bonds. The van der Waals surface area contributed by atoms with Crippen molar-refractivity contribution in [3.63, 3.8) is 0 Å². The van der Waals surface area contributed by atoms with Crippen LogP contribution in [0.4, 0.5) is 0 Å². The molecule has 8 heteroatoms. The Labute approximate surface area is 198 Å². The Kier molecular flexibility index (Phi) is 11.5. The van der Waals surface area contributed by atoms with Crippen LogP contribution in [0.15, 0.2) is 29.3 Å². The first-order valence-electron chi connectivity index (χ1n) is 10.6. The zero-order valence-electron chi connectivity index (χ0n) is 18.7. The number of para-hydroxylation sites is 1. The Hall–Kier alpha value is -1.55. The first-order valence-corrected chi connectivity index (χ1v) is 10.6. The third kappa shape index (κ3) is 9.07. The van der Waals surface area contributed by atoms with Crippen molar-refractivity contribution in [2.45, 2.75) is 52.0 Å². The fourth-order valence-corrected chi connectivity index (χ4v) is 3.49. The van der Waals surface area contributed by atoms with E-state index in [0.717, 1.165) is 44.2 Å². The van der Waals surface area contributed by atoms with E-state index >= 15 is 0 Å². The van der Waals surface area contributed by atoms with Crippen LogP contribution in [0.25, 0.3) is 0 Å². The summed E-state index contributed by atoms with van der Waals surface area (Å²) in [5, 5.41) is 6.81. The van der Waals surface area contributed by atoms with Crippen LogP contribution in [0.1, 0.15) is 46.1 Å². The summed E-state index contributed by atoms with van der Waals surface area (Å²) in [7, 11) is 0. The summed E-state index contributed by atoms with van der Waals surface area (Å²) in [4.78, 5) is 17.8. The predicted octanol–water partition coefficient (Wildman–Crippen LogP) is 2.49. The molecule has 0 spiro atoms. The Morgan fingerprint density at radius 1 is 1.27 bits per heavy atom. The van der Waals surface area contributed by atoms with Crippen LogP contribution in [0.3, 0.4) is 0 Å². The van der Waals surface area contributed by atoms with E-state index in [9.17, 15) is 4.79 Å². The summed E-state index contributed by atoms with van der Waals surface area (Å²) >= 11 is 0. The van der Waals surface area contributed by atoms with Gasteiger partial charge in [-0.15, -0.1) is 24.0 Å². The first kappa shape index (κ1) is 26.5. The smallest absolute Gasteiger partial charge is 0.231 e. The van der Waals surface area contributed by atoms with Crippen LogP contribution >= 0.6 is 24.0 Å². The molecule has 1 heterocycles. The number of halogens is 1. The van der Waals surface area contributed by atoms with Gasteiger partial charge in [-0.25, -0.2) is 4.99 Å². The van der Waals surface area contributed by atoms with Gasteiger partial charge in [-0.2, -0.15) is 0 Å². The Bertz CT molecular complexity index is 682. The molecule has 0 aliphatic carbocycles. The molecule has 4 N–H and O–H groups in total. The van der Waals surface area contributed by atoms with Gasteiger partial charge in [-0.05, 0) is 36.8 Å². The molecule has 1 aliphatic rings. The number of nitrogens with zero attached hydrogens (tertiary/aromatic N) is 2. The molecule has 1 saturated heterocycles. The van der Waals surface area contributed by atoms with Gasteiger partial charge in [-0.3, -0.25) is 9.69 Å². The number of amides is 1. The van der Waals surface area contributed by atoms with Gasteiger partial charge in [0.2, 0.25) is 5.91 Å². The van der Waals surface area contributed by atoms with Crippen LogP contribution in [0.2, 0.25) is 0 Å². The van der Waals surface area contributed by atoms with Gasteiger partial charge in [0.05, 0.1) is 13.1 Å². The Balaban J connectivity index is 0.00000450.